The summed E-state index contributed by atoms with van der Waals surface area (Å²) in [6.07, 6.45) is 1.64. The second-order valence-electron chi connectivity index (χ2n) is 7.71. The van der Waals surface area contributed by atoms with Crippen molar-refractivity contribution in [1.82, 2.24) is 13.8 Å². The molecule has 0 atom stereocenters. The molecule has 156 valence electrons. The average molecular weight is 418 g/mol. The number of hydrogen-bond donors (Lipinski definition) is 0. The summed E-state index contributed by atoms with van der Waals surface area (Å²) in [5.41, 5.74) is 3.42. The van der Waals surface area contributed by atoms with E-state index in [9.17, 15) is 18.0 Å². The summed E-state index contributed by atoms with van der Waals surface area (Å²) < 4.78 is 29.5. The SMILES string of the molecule is CC(=O)c1cc(C(=O)N2CCN(S(=O)(=O)c3c(C)cc(C)cc3C)CC2)n(C)c1. The molecule has 8 heteroatoms. The van der Waals surface area contributed by atoms with E-state index in [0.29, 0.717) is 29.2 Å². The number of piperazine rings is 1. The first-order valence-electron chi connectivity index (χ1n) is 9.57. The molecule has 0 spiro atoms. The van der Waals surface area contributed by atoms with E-state index in [-0.39, 0.29) is 24.8 Å². The molecule has 0 bridgehead atoms. The molecule has 1 aliphatic heterocycles. The first-order valence-corrected chi connectivity index (χ1v) is 11.0. The van der Waals surface area contributed by atoms with Crippen molar-refractivity contribution in [3.8, 4) is 0 Å². The molecule has 1 aromatic carbocycles. The fraction of sp³-hybridized carbons (Fsp3) is 0.429. The first kappa shape index (κ1) is 21.3. The van der Waals surface area contributed by atoms with Crippen LogP contribution in [-0.4, -0.2) is 60.1 Å². The van der Waals surface area contributed by atoms with E-state index in [0.717, 1.165) is 16.7 Å². The molecule has 0 aliphatic carbocycles. The Hall–Kier alpha value is -2.45. The lowest BCUT2D eigenvalue weighted by atomic mass is 10.1. The van der Waals surface area contributed by atoms with Crippen LogP contribution in [0.15, 0.2) is 29.3 Å². The zero-order valence-electron chi connectivity index (χ0n) is 17.5. The van der Waals surface area contributed by atoms with Gasteiger partial charge in [-0.25, -0.2) is 8.42 Å². The molecule has 1 aromatic heterocycles. The largest absolute Gasteiger partial charge is 0.346 e. The molecule has 1 aliphatic rings. The molecule has 0 N–H and O–H groups in total. The first-order chi connectivity index (χ1) is 13.5. The van der Waals surface area contributed by atoms with E-state index in [1.54, 1.807) is 28.8 Å². The van der Waals surface area contributed by atoms with E-state index < -0.39 is 10.0 Å². The van der Waals surface area contributed by atoms with Gasteiger partial charge in [-0.2, -0.15) is 4.31 Å². The van der Waals surface area contributed by atoms with Gasteiger partial charge in [0.05, 0.1) is 4.90 Å². The van der Waals surface area contributed by atoms with Crippen molar-refractivity contribution < 1.29 is 18.0 Å². The van der Waals surface area contributed by atoms with Crippen LogP contribution in [0.2, 0.25) is 0 Å². The number of sulfonamides is 1. The molecule has 29 heavy (non-hydrogen) atoms. The Bertz CT molecular complexity index is 1050. The monoisotopic (exact) mass is 417 g/mol. The van der Waals surface area contributed by atoms with Crippen molar-refractivity contribution in [2.75, 3.05) is 26.2 Å². The minimum absolute atomic E-state index is 0.0978. The second-order valence-corrected chi connectivity index (χ2v) is 9.58. The second kappa shape index (κ2) is 7.76. The van der Waals surface area contributed by atoms with Crippen molar-refractivity contribution in [2.24, 2.45) is 7.05 Å². The standard InChI is InChI=1S/C21H27N3O4S/c1-14-10-15(2)20(16(3)11-14)29(27,28)24-8-6-23(7-9-24)21(26)19-12-18(17(4)25)13-22(19)5/h10-13H,6-9H2,1-5H3. The summed E-state index contributed by atoms with van der Waals surface area (Å²) in [7, 11) is -1.90. The highest BCUT2D eigenvalue weighted by atomic mass is 32.2. The Morgan fingerprint density at radius 2 is 1.48 bits per heavy atom. The third-order valence-corrected chi connectivity index (χ3v) is 7.56. The minimum atomic E-state index is -3.62. The maximum absolute atomic E-state index is 13.2. The van der Waals surface area contributed by atoms with Gasteiger partial charge in [0.1, 0.15) is 5.69 Å². The lowest BCUT2D eigenvalue weighted by molar-refractivity contribution is 0.0688. The zero-order chi connectivity index (χ0) is 21.5. The van der Waals surface area contributed by atoms with Gasteiger partial charge in [0.2, 0.25) is 10.0 Å². The summed E-state index contributed by atoms with van der Waals surface area (Å²) in [5, 5.41) is 0. The van der Waals surface area contributed by atoms with Gasteiger partial charge < -0.3 is 9.47 Å². The quantitative estimate of drug-likeness (QED) is 0.715. The highest BCUT2D eigenvalue weighted by Gasteiger charge is 2.33. The van der Waals surface area contributed by atoms with Gasteiger partial charge in [-0.3, -0.25) is 9.59 Å². The Kier molecular flexibility index (Phi) is 5.69. The number of benzene rings is 1. The lowest BCUT2D eigenvalue weighted by Crippen LogP contribution is -2.50. The molecular formula is C21H27N3O4S. The highest BCUT2D eigenvalue weighted by Crippen LogP contribution is 2.26. The van der Waals surface area contributed by atoms with Crippen LogP contribution in [0.4, 0.5) is 0 Å². The number of rotatable bonds is 4. The van der Waals surface area contributed by atoms with Gasteiger partial charge in [0.15, 0.2) is 5.78 Å². The number of hydrogen-bond acceptors (Lipinski definition) is 4. The molecule has 0 unspecified atom stereocenters. The Labute approximate surface area is 172 Å². The molecular weight excluding hydrogens is 390 g/mol. The summed E-state index contributed by atoms with van der Waals surface area (Å²) in [5.74, 6) is -0.292. The van der Waals surface area contributed by atoms with Gasteiger partial charge in [-0.1, -0.05) is 17.7 Å². The van der Waals surface area contributed by atoms with Crippen molar-refractivity contribution in [1.29, 1.82) is 0 Å². The van der Waals surface area contributed by atoms with Crippen LogP contribution in [-0.2, 0) is 17.1 Å². The Balaban J connectivity index is 1.77. The van der Waals surface area contributed by atoms with Crippen molar-refractivity contribution in [3.63, 3.8) is 0 Å². The fourth-order valence-corrected chi connectivity index (χ4v) is 5.80. The van der Waals surface area contributed by atoms with E-state index in [1.165, 1.54) is 11.2 Å². The zero-order valence-corrected chi connectivity index (χ0v) is 18.3. The molecule has 2 heterocycles. The third-order valence-electron chi connectivity index (χ3n) is 5.36. The van der Waals surface area contributed by atoms with E-state index >= 15 is 0 Å². The van der Waals surface area contributed by atoms with Crippen LogP contribution < -0.4 is 0 Å². The molecule has 7 nitrogen and oxygen atoms in total. The predicted octanol–water partition coefficient (Wildman–Crippen LogP) is 2.30. The highest BCUT2D eigenvalue weighted by molar-refractivity contribution is 7.89. The molecule has 0 radical (unpaired) electrons. The van der Waals surface area contributed by atoms with Crippen LogP contribution in [0.5, 0.6) is 0 Å². The summed E-state index contributed by atoms with van der Waals surface area (Å²) in [6.45, 7) is 8.13. The minimum Gasteiger partial charge on any atom is -0.346 e. The number of nitrogens with zero attached hydrogens (tertiary/aromatic N) is 3. The van der Waals surface area contributed by atoms with Gasteiger partial charge in [-0.15, -0.1) is 0 Å². The number of aromatic nitrogens is 1. The summed E-state index contributed by atoms with van der Waals surface area (Å²) >= 11 is 0. The molecule has 0 saturated carbocycles. The van der Waals surface area contributed by atoms with Crippen LogP contribution in [0.1, 0.15) is 44.5 Å². The molecule has 1 fully saturated rings. The van der Waals surface area contributed by atoms with Crippen molar-refractivity contribution >= 4 is 21.7 Å². The van der Waals surface area contributed by atoms with E-state index in [1.807, 2.05) is 32.9 Å². The average Bonchev–Trinajstić information content (AvgIpc) is 3.02. The molecule has 1 saturated heterocycles. The van der Waals surface area contributed by atoms with Crippen LogP contribution in [0, 0.1) is 20.8 Å². The van der Waals surface area contributed by atoms with Crippen molar-refractivity contribution in [2.45, 2.75) is 32.6 Å². The smallest absolute Gasteiger partial charge is 0.270 e. The summed E-state index contributed by atoms with van der Waals surface area (Å²) in [4.78, 5) is 26.4. The normalized spacial score (nSPS) is 15.6. The van der Waals surface area contributed by atoms with Crippen LogP contribution in [0.3, 0.4) is 0 Å². The fourth-order valence-electron chi connectivity index (χ4n) is 3.97. The van der Waals surface area contributed by atoms with Crippen molar-refractivity contribution in [3.05, 3.63) is 52.3 Å². The third kappa shape index (κ3) is 4.00. The van der Waals surface area contributed by atoms with E-state index in [2.05, 4.69) is 0 Å². The number of carbonyl (C=O) groups excluding carboxylic acids is 2. The number of aryl methyl sites for hydroxylation is 4. The summed E-state index contributed by atoms with van der Waals surface area (Å²) in [6, 6.07) is 5.34. The number of carbonyl (C=O) groups is 2. The van der Waals surface area contributed by atoms with Gasteiger partial charge in [0.25, 0.3) is 5.91 Å². The van der Waals surface area contributed by atoms with Crippen LogP contribution in [0.25, 0.3) is 0 Å². The van der Waals surface area contributed by atoms with Crippen LogP contribution >= 0.6 is 0 Å². The van der Waals surface area contributed by atoms with Gasteiger partial charge >= 0.3 is 0 Å². The Morgan fingerprint density at radius 1 is 0.931 bits per heavy atom. The topological polar surface area (TPSA) is 79.7 Å². The Morgan fingerprint density at radius 3 is 1.97 bits per heavy atom. The number of ketones is 1. The lowest BCUT2D eigenvalue weighted by Gasteiger charge is -2.34. The number of amides is 1. The van der Waals surface area contributed by atoms with E-state index in [4.69, 9.17) is 0 Å². The predicted molar refractivity (Wildman–Crippen MR) is 111 cm³/mol. The molecule has 1 amide bonds. The number of Topliss-reactive ketones (excluding diaryl/α,β-unsaturated/α-hetero) is 1. The molecule has 2 aromatic rings. The maximum Gasteiger partial charge on any atom is 0.270 e. The van der Waals surface area contributed by atoms with Gasteiger partial charge in [0, 0.05) is 45.0 Å². The van der Waals surface area contributed by atoms with Gasteiger partial charge in [-0.05, 0) is 44.9 Å². The molecule has 3 rings (SSSR count). The maximum atomic E-state index is 13.2.